The average molecular weight is 276 g/mol. The van der Waals surface area contributed by atoms with Crippen LogP contribution in [-0.4, -0.2) is 16.0 Å². The summed E-state index contributed by atoms with van der Waals surface area (Å²) in [5, 5.41) is 1.15. The number of hydrazine groups is 1. The summed E-state index contributed by atoms with van der Waals surface area (Å²) in [6.07, 6.45) is 4.60. The van der Waals surface area contributed by atoms with Gasteiger partial charge in [-0.2, -0.15) is 0 Å². The zero-order valence-electron chi connectivity index (χ0n) is 11.4. The highest BCUT2D eigenvalue weighted by atomic mass is 32.1. The van der Waals surface area contributed by atoms with Crippen molar-refractivity contribution in [3.63, 3.8) is 0 Å². The Balaban J connectivity index is 1.90. The van der Waals surface area contributed by atoms with E-state index in [1.807, 2.05) is 31.3 Å². The van der Waals surface area contributed by atoms with Crippen molar-refractivity contribution in [2.75, 3.05) is 0 Å². The zero-order chi connectivity index (χ0) is 13.7. The number of nitrogens with one attached hydrogen (secondary N) is 1. The van der Waals surface area contributed by atoms with Crippen molar-refractivity contribution >= 4 is 11.3 Å². The molecule has 2 heterocycles. The molecule has 0 aliphatic rings. The van der Waals surface area contributed by atoms with Gasteiger partial charge in [0.15, 0.2) is 0 Å². The highest BCUT2D eigenvalue weighted by molar-refractivity contribution is 7.11. The summed E-state index contributed by atoms with van der Waals surface area (Å²) < 4.78 is 0. The predicted octanol–water partition coefficient (Wildman–Crippen LogP) is 2.16. The van der Waals surface area contributed by atoms with E-state index in [9.17, 15) is 0 Å². The van der Waals surface area contributed by atoms with Crippen LogP contribution >= 0.6 is 11.3 Å². The minimum absolute atomic E-state index is 0.243. The van der Waals surface area contributed by atoms with Crippen molar-refractivity contribution in [1.82, 2.24) is 15.4 Å². The molecule has 0 amide bonds. The van der Waals surface area contributed by atoms with Crippen LogP contribution in [-0.2, 0) is 12.8 Å². The largest absolute Gasteiger partial charge is 0.271 e. The maximum Gasteiger partial charge on any atom is 0.0946 e. The first kappa shape index (κ1) is 14.1. The lowest BCUT2D eigenvalue weighted by Gasteiger charge is -2.13. The van der Waals surface area contributed by atoms with Crippen molar-refractivity contribution in [2.24, 2.45) is 5.84 Å². The Morgan fingerprint density at radius 1 is 1.37 bits per heavy atom. The van der Waals surface area contributed by atoms with Crippen LogP contribution in [0.25, 0.3) is 0 Å². The molecule has 19 heavy (non-hydrogen) atoms. The Bertz CT molecular complexity index is 490. The molecule has 0 radical (unpaired) electrons. The summed E-state index contributed by atoms with van der Waals surface area (Å²) in [5.41, 5.74) is 5.12. The summed E-state index contributed by atoms with van der Waals surface area (Å²) in [6.45, 7) is 4.16. The molecular weight excluding hydrogens is 256 g/mol. The predicted molar refractivity (Wildman–Crippen MR) is 79.0 cm³/mol. The number of nitrogens with two attached hydrogens (primary N) is 1. The number of aromatic nitrogens is 2. The minimum atomic E-state index is 0.243. The second kappa shape index (κ2) is 6.75. The molecule has 0 saturated heterocycles. The second-order valence-corrected chi connectivity index (χ2v) is 5.96. The van der Waals surface area contributed by atoms with Crippen LogP contribution in [0.3, 0.4) is 0 Å². The molecule has 1 unspecified atom stereocenters. The quantitative estimate of drug-likeness (QED) is 0.627. The Hall–Kier alpha value is -1.30. The van der Waals surface area contributed by atoms with E-state index in [1.165, 1.54) is 4.88 Å². The Morgan fingerprint density at radius 3 is 2.79 bits per heavy atom. The standard InChI is InChI=1S/C14H20N4S/c1-10-11(2)19-14(17-10)9-13(18-15)7-6-12-5-3-4-8-16-12/h3-5,8,13,18H,6-7,9,15H2,1-2H3. The first-order chi connectivity index (χ1) is 9.19. The summed E-state index contributed by atoms with van der Waals surface area (Å²) in [6, 6.07) is 6.24. The van der Waals surface area contributed by atoms with Gasteiger partial charge in [-0.15, -0.1) is 11.3 Å². The molecule has 0 spiro atoms. The molecule has 0 saturated carbocycles. The third-order valence-corrected chi connectivity index (χ3v) is 4.30. The van der Waals surface area contributed by atoms with Gasteiger partial charge in [0, 0.05) is 29.2 Å². The molecule has 0 aliphatic heterocycles. The molecule has 1 atom stereocenters. The van der Waals surface area contributed by atoms with E-state index < -0.39 is 0 Å². The van der Waals surface area contributed by atoms with Crippen molar-refractivity contribution in [1.29, 1.82) is 0 Å². The van der Waals surface area contributed by atoms with Gasteiger partial charge in [-0.3, -0.25) is 16.3 Å². The second-order valence-electron chi connectivity index (χ2n) is 4.68. The van der Waals surface area contributed by atoms with Crippen LogP contribution in [0.4, 0.5) is 0 Å². The monoisotopic (exact) mass is 276 g/mol. The molecule has 0 aromatic carbocycles. The number of aryl methyl sites for hydroxylation is 3. The summed E-state index contributed by atoms with van der Waals surface area (Å²) in [7, 11) is 0. The molecule has 0 aliphatic carbocycles. The first-order valence-electron chi connectivity index (χ1n) is 6.48. The van der Waals surface area contributed by atoms with Crippen LogP contribution in [0.5, 0.6) is 0 Å². The van der Waals surface area contributed by atoms with E-state index >= 15 is 0 Å². The number of nitrogens with zero attached hydrogens (tertiary/aromatic N) is 2. The van der Waals surface area contributed by atoms with Gasteiger partial charge < -0.3 is 0 Å². The van der Waals surface area contributed by atoms with Crippen molar-refractivity contribution in [3.8, 4) is 0 Å². The topological polar surface area (TPSA) is 63.8 Å². The first-order valence-corrected chi connectivity index (χ1v) is 7.29. The third kappa shape index (κ3) is 4.09. The number of hydrogen-bond donors (Lipinski definition) is 2. The summed E-state index contributed by atoms with van der Waals surface area (Å²) in [4.78, 5) is 10.2. The van der Waals surface area contributed by atoms with E-state index in [0.717, 1.165) is 35.7 Å². The maximum atomic E-state index is 5.64. The molecule has 4 nitrogen and oxygen atoms in total. The van der Waals surface area contributed by atoms with Gasteiger partial charge in [-0.1, -0.05) is 6.07 Å². The fraction of sp³-hybridized carbons (Fsp3) is 0.429. The Kier molecular flexibility index (Phi) is 5.01. The molecule has 102 valence electrons. The van der Waals surface area contributed by atoms with E-state index in [4.69, 9.17) is 5.84 Å². The molecule has 5 heteroatoms. The highest BCUT2D eigenvalue weighted by Crippen LogP contribution is 2.18. The molecule has 2 aromatic heterocycles. The Labute approximate surface area is 118 Å². The van der Waals surface area contributed by atoms with E-state index in [2.05, 4.69) is 22.3 Å². The van der Waals surface area contributed by atoms with Crippen LogP contribution in [0, 0.1) is 13.8 Å². The smallest absolute Gasteiger partial charge is 0.0946 e. The summed E-state index contributed by atoms with van der Waals surface area (Å²) >= 11 is 1.76. The maximum absolute atomic E-state index is 5.64. The number of rotatable bonds is 6. The lowest BCUT2D eigenvalue weighted by Crippen LogP contribution is -2.37. The van der Waals surface area contributed by atoms with Crippen molar-refractivity contribution in [3.05, 3.63) is 45.7 Å². The van der Waals surface area contributed by atoms with Gasteiger partial charge >= 0.3 is 0 Å². The van der Waals surface area contributed by atoms with Crippen molar-refractivity contribution in [2.45, 2.75) is 39.2 Å². The Morgan fingerprint density at radius 2 is 2.21 bits per heavy atom. The van der Waals surface area contributed by atoms with Crippen LogP contribution in [0.15, 0.2) is 24.4 Å². The molecule has 0 fully saturated rings. The lowest BCUT2D eigenvalue weighted by molar-refractivity contribution is 0.488. The van der Waals surface area contributed by atoms with Crippen LogP contribution in [0.2, 0.25) is 0 Å². The zero-order valence-corrected chi connectivity index (χ0v) is 12.2. The lowest BCUT2D eigenvalue weighted by atomic mass is 10.1. The van der Waals surface area contributed by atoms with Gasteiger partial charge in [0.25, 0.3) is 0 Å². The minimum Gasteiger partial charge on any atom is -0.271 e. The molecule has 2 rings (SSSR count). The van der Waals surface area contributed by atoms with Crippen LogP contribution in [0.1, 0.15) is 27.7 Å². The molecule has 3 N–H and O–H groups in total. The van der Waals surface area contributed by atoms with E-state index in [0.29, 0.717) is 0 Å². The van der Waals surface area contributed by atoms with Gasteiger partial charge in [0.05, 0.1) is 10.7 Å². The van der Waals surface area contributed by atoms with Gasteiger partial charge in [-0.05, 0) is 38.8 Å². The van der Waals surface area contributed by atoms with Crippen LogP contribution < -0.4 is 11.3 Å². The number of thiazole rings is 1. The molecular formula is C14H20N4S. The summed E-state index contributed by atoms with van der Waals surface area (Å²) in [5.74, 6) is 5.64. The fourth-order valence-corrected chi connectivity index (χ4v) is 2.96. The average Bonchev–Trinajstić information content (AvgIpc) is 2.74. The fourth-order valence-electron chi connectivity index (χ4n) is 1.95. The number of hydrogen-bond acceptors (Lipinski definition) is 5. The third-order valence-electron chi connectivity index (χ3n) is 3.20. The normalized spacial score (nSPS) is 12.6. The van der Waals surface area contributed by atoms with E-state index in [-0.39, 0.29) is 6.04 Å². The molecule has 0 bridgehead atoms. The van der Waals surface area contributed by atoms with E-state index in [1.54, 1.807) is 11.3 Å². The van der Waals surface area contributed by atoms with Gasteiger partial charge in [0.2, 0.25) is 0 Å². The van der Waals surface area contributed by atoms with Gasteiger partial charge in [-0.25, -0.2) is 4.98 Å². The molecule has 2 aromatic rings. The highest BCUT2D eigenvalue weighted by Gasteiger charge is 2.12. The SMILES string of the molecule is Cc1nc(CC(CCc2ccccn2)NN)sc1C. The van der Waals surface area contributed by atoms with Crippen molar-refractivity contribution < 1.29 is 0 Å². The number of pyridine rings is 1. The van der Waals surface area contributed by atoms with Gasteiger partial charge in [0.1, 0.15) is 0 Å².